The fourth-order valence-electron chi connectivity index (χ4n) is 3.48. The van der Waals surface area contributed by atoms with Gasteiger partial charge < -0.3 is 9.80 Å². The van der Waals surface area contributed by atoms with Crippen LogP contribution in [0.2, 0.25) is 0 Å². The first-order valence-corrected chi connectivity index (χ1v) is 9.20. The number of carbonyl (C=O) groups excluding carboxylic acids is 2. The molecular weight excluding hydrogens is 300 g/mol. The molecule has 3 rings (SSSR count). The molecule has 0 bridgehead atoms. The van der Waals surface area contributed by atoms with Gasteiger partial charge in [0.05, 0.1) is 0 Å². The number of rotatable bonds is 5. The number of amides is 2. The summed E-state index contributed by atoms with van der Waals surface area (Å²) < 4.78 is 0. The lowest BCUT2D eigenvalue weighted by Crippen LogP contribution is -2.43. The second-order valence-electron chi connectivity index (χ2n) is 7.24. The predicted molar refractivity (Wildman–Crippen MR) is 94.3 cm³/mol. The molecule has 0 atom stereocenters. The number of carbonyl (C=O) groups is 2. The van der Waals surface area contributed by atoms with Crippen molar-refractivity contribution in [3.8, 4) is 0 Å². The van der Waals surface area contributed by atoms with E-state index < -0.39 is 0 Å². The van der Waals surface area contributed by atoms with Crippen LogP contribution in [-0.2, 0) is 22.6 Å². The summed E-state index contributed by atoms with van der Waals surface area (Å²) in [4.78, 5) is 28.6. The van der Waals surface area contributed by atoms with Crippen LogP contribution in [0.15, 0.2) is 24.3 Å². The van der Waals surface area contributed by atoms with Gasteiger partial charge in [-0.1, -0.05) is 31.2 Å². The fraction of sp³-hybridized carbons (Fsp3) is 0.600. The van der Waals surface area contributed by atoms with Crippen LogP contribution in [-0.4, -0.2) is 41.8 Å². The molecular formula is C20H28N2O2. The van der Waals surface area contributed by atoms with Gasteiger partial charge in [-0.25, -0.2) is 0 Å². The van der Waals surface area contributed by atoms with E-state index in [0.717, 1.165) is 45.2 Å². The second kappa shape index (κ2) is 7.37. The van der Waals surface area contributed by atoms with Gasteiger partial charge in [0.1, 0.15) is 0 Å². The van der Waals surface area contributed by atoms with E-state index in [1.165, 1.54) is 11.1 Å². The average Bonchev–Trinajstić information content (AvgIpc) is 3.46. The molecule has 1 aliphatic carbocycles. The van der Waals surface area contributed by atoms with Crippen molar-refractivity contribution in [3.63, 3.8) is 0 Å². The number of hydrogen-bond acceptors (Lipinski definition) is 2. The molecule has 4 nitrogen and oxygen atoms in total. The molecule has 2 aliphatic rings. The standard InChI is InChI=1S/C20H28N2O2/c1-3-15-4-6-16(7-5-15)14-21(2)19(23)18-10-12-22(13-11-18)20(24)17-8-9-17/h4-7,17-18H,3,8-14H2,1-2H3. The van der Waals surface area contributed by atoms with E-state index >= 15 is 0 Å². The summed E-state index contributed by atoms with van der Waals surface area (Å²) >= 11 is 0. The maximum atomic E-state index is 12.7. The summed E-state index contributed by atoms with van der Waals surface area (Å²) in [5.41, 5.74) is 2.49. The van der Waals surface area contributed by atoms with Gasteiger partial charge in [0, 0.05) is 38.5 Å². The van der Waals surface area contributed by atoms with Crippen molar-refractivity contribution >= 4 is 11.8 Å². The van der Waals surface area contributed by atoms with Crippen molar-refractivity contribution in [2.45, 2.75) is 45.6 Å². The minimum Gasteiger partial charge on any atom is -0.342 e. The summed E-state index contributed by atoms with van der Waals surface area (Å²) in [6.07, 6.45) is 4.74. The molecule has 1 heterocycles. The summed E-state index contributed by atoms with van der Waals surface area (Å²) in [6.45, 7) is 4.28. The van der Waals surface area contributed by atoms with Crippen LogP contribution in [0.3, 0.4) is 0 Å². The van der Waals surface area contributed by atoms with E-state index in [4.69, 9.17) is 0 Å². The zero-order valence-corrected chi connectivity index (χ0v) is 14.8. The van der Waals surface area contributed by atoms with Gasteiger partial charge in [0.2, 0.25) is 11.8 Å². The lowest BCUT2D eigenvalue weighted by Gasteiger charge is -2.33. The van der Waals surface area contributed by atoms with Crippen LogP contribution in [0.1, 0.15) is 43.7 Å². The molecule has 0 aromatic heterocycles. The molecule has 1 aliphatic heterocycles. The Hall–Kier alpha value is -1.84. The monoisotopic (exact) mass is 328 g/mol. The van der Waals surface area contributed by atoms with E-state index in [-0.39, 0.29) is 17.7 Å². The van der Waals surface area contributed by atoms with Crippen LogP contribution in [0.25, 0.3) is 0 Å². The van der Waals surface area contributed by atoms with E-state index in [0.29, 0.717) is 12.5 Å². The Bertz CT molecular complexity index is 584. The van der Waals surface area contributed by atoms with E-state index in [1.54, 1.807) is 0 Å². The van der Waals surface area contributed by atoms with Crippen LogP contribution < -0.4 is 0 Å². The molecule has 1 saturated carbocycles. The highest BCUT2D eigenvalue weighted by Crippen LogP contribution is 2.32. The smallest absolute Gasteiger partial charge is 0.225 e. The highest BCUT2D eigenvalue weighted by molar-refractivity contribution is 5.82. The topological polar surface area (TPSA) is 40.6 Å². The molecule has 0 N–H and O–H groups in total. The molecule has 1 aromatic carbocycles. The van der Waals surface area contributed by atoms with Crippen molar-refractivity contribution in [1.29, 1.82) is 0 Å². The van der Waals surface area contributed by atoms with Crippen LogP contribution in [0.4, 0.5) is 0 Å². The van der Waals surface area contributed by atoms with Crippen LogP contribution >= 0.6 is 0 Å². The van der Waals surface area contributed by atoms with Crippen molar-refractivity contribution in [3.05, 3.63) is 35.4 Å². The summed E-state index contributed by atoms with van der Waals surface area (Å²) in [5, 5.41) is 0. The van der Waals surface area contributed by atoms with Gasteiger partial charge in [-0.05, 0) is 43.2 Å². The number of nitrogens with zero attached hydrogens (tertiary/aromatic N) is 2. The molecule has 24 heavy (non-hydrogen) atoms. The third kappa shape index (κ3) is 3.97. The van der Waals surface area contributed by atoms with E-state index in [2.05, 4.69) is 31.2 Å². The summed E-state index contributed by atoms with van der Waals surface area (Å²) in [6, 6.07) is 8.49. The van der Waals surface area contributed by atoms with Crippen LogP contribution in [0, 0.1) is 11.8 Å². The van der Waals surface area contributed by atoms with Gasteiger partial charge in [0.15, 0.2) is 0 Å². The van der Waals surface area contributed by atoms with Crippen molar-refractivity contribution in [2.75, 3.05) is 20.1 Å². The molecule has 1 aromatic rings. The Morgan fingerprint density at radius 1 is 1.00 bits per heavy atom. The lowest BCUT2D eigenvalue weighted by atomic mass is 9.95. The number of piperidine rings is 1. The molecule has 1 saturated heterocycles. The average molecular weight is 328 g/mol. The van der Waals surface area contributed by atoms with Crippen molar-refractivity contribution in [2.24, 2.45) is 11.8 Å². The maximum absolute atomic E-state index is 12.7. The first-order valence-electron chi connectivity index (χ1n) is 9.20. The molecule has 0 unspecified atom stereocenters. The fourth-order valence-corrected chi connectivity index (χ4v) is 3.48. The third-order valence-corrected chi connectivity index (χ3v) is 5.31. The lowest BCUT2D eigenvalue weighted by molar-refractivity contribution is -0.140. The number of aryl methyl sites for hydroxylation is 1. The van der Waals surface area contributed by atoms with Gasteiger partial charge in [-0.15, -0.1) is 0 Å². The van der Waals surface area contributed by atoms with E-state index in [9.17, 15) is 9.59 Å². The summed E-state index contributed by atoms with van der Waals surface area (Å²) in [7, 11) is 1.89. The van der Waals surface area contributed by atoms with E-state index in [1.807, 2.05) is 16.8 Å². The first-order chi connectivity index (χ1) is 11.6. The number of hydrogen-bond donors (Lipinski definition) is 0. The Morgan fingerprint density at radius 3 is 2.12 bits per heavy atom. The minimum absolute atomic E-state index is 0.0631. The quantitative estimate of drug-likeness (QED) is 0.834. The predicted octanol–water partition coefficient (Wildman–Crippen LogP) is 2.86. The minimum atomic E-state index is 0.0631. The zero-order valence-electron chi connectivity index (χ0n) is 14.8. The highest BCUT2D eigenvalue weighted by atomic mass is 16.2. The SMILES string of the molecule is CCc1ccc(CN(C)C(=O)C2CCN(C(=O)C3CC3)CC2)cc1. The van der Waals surface area contributed by atoms with Gasteiger partial charge in [-0.2, -0.15) is 0 Å². The third-order valence-electron chi connectivity index (χ3n) is 5.31. The van der Waals surface area contributed by atoms with Gasteiger partial charge >= 0.3 is 0 Å². The first kappa shape index (κ1) is 17.0. The normalized spacial score (nSPS) is 18.5. The van der Waals surface area contributed by atoms with Crippen LogP contribution in [0.5, 0.6) is 0 Å². The number of benzene rings is 1. The second-order valence-corrected chi connectivity index (χ2v) is 7.24. The van der Waals surface area contributed by atoms with Gasteiger partial charge in [-0.3, -0.25) is 9.59 Å². The molecule has 2 amide bonds. The maximum Gasteiger partial charge on any atom is 0.225 e. The molecule has 2 fully saturated rings. The van der Waals surface area contributed by atoms with Gasteiger partial charge in [0.25, 0.3) is 0 Å². The molecule has 130 valence electrons. The van der Waals surface area contributed by atoms with Crippen molar-refractivity contribution < 1.29 is 9.59 Å². The highest BCUT2D eigenvalue weighted by Gasteiger charge is 2.36. The largest absolute Gasteiger partial charge is 0.342 e. The summed E-state index contributed by atoms with van der Waals surface area (Å²) in [5.74, 6) is 0.873. The number of likely N-dealkylation sites (tertiary alicyclic amines) is 1. The molecule has 0 spiro atoms. The Kier molecular flexibility index (Phi) is 5.22. The Balaban J connectivity index is 1.49. The zero-order chi connectivity index (χ0) is 17.1. The molecule has 4 heteroatoms. The molecule has 0 radical (unpaired) electrons. The Morgan fingerprint density at radius 2 is 1.58 bits per heavy atom. The Labute approximate surface area is 144 Å². The van der Waals surface area contributed by atoms with Crippen molar-refractivity contribution in [1.82, 2.24) is 9.80 Å².